The van der Waals surface area contributed by atoms with Crippen LogP contribution >= 0.6 is 7.82 Å². The standard InChI is InChI=1S/C32H61O8P/c1-3-5-7-9-11-12-13-14-15-16-17-18-19-21-23-25-27-32(34)40-30(29-39-41(35,36)37)28-38-31(33)26-24-22-20-10-8-6-4-2/h15-16,30H,3-14,17-29H2,1-2H3,(H2,35,36,37)/b16-15-. The molecule has 0 aliphatic heterocycles. The Morgan fingerprint density at radius 1 is 0.610 bits per heavy atom. The third-order valence-corrected chi connectivity index (χ3v) is 7.52. The largest absolute Gasteiger partial charge is 0.469 e. The second-order valence-electron chi connectivity index (χ2n) is 11.1. The summed E-state index contributed by atoms with van der Waals surface area (Å²) >= 11 is 0. The van der Waals surface area contributed by atoms with Gasteiger partial charge in [-0.3, -0.25) is 14.1 Å². The molecule has 0 saturated heterocycles. The first-order chi connectivity index (χ1) is 19.8. The molecular formula is C32H61O8P. The number of phosphoric acid groups is 1. The van der Waals surface area contributed by atoms with E-state index in [9.17, 15) is 14.2 Å². The minimum Gasteiger partial charge on any atom is -0.462 e. The van der Waals surface area contributed by atoms with Crippen LogP contribution in [0.2, 0.25) is 0 Å². The van der Waals surface area contributed by atoms with E-state index in [1.165, 1.54) is 70.6 Å². The van der Waals surface area contributed by atoms with E-state index >= 15 is 0 Å². The van der Waals surface area contributed by atoms with Crippen molar-refractivity contribution in [2.24, 2.45) is 0 Å². The van der Waals surface area contributed by atoms with Crippen LogP contribution in [0.5, 0.6) is 0 Å². The number of esters is 2. The van der Waals surface area contributed by atoms with Gasteiger partial charge in [-0.15, -0.1) is 0 Å². The Hall–Kier alpha value is -1.21. The Morgan fingerprint density at radius 2 is 1.02 bits per heavy atom. The molecule has 0 spiro atoms. The van der Waals surface area contributed by atoms with Gasteiger partial charge in [0.2, 0.25) is 0 Å². The van der Waals surface area contributed by atoms with Gasteiger partial charge in [-0.1, -0.05) is 122 Å². The first kappa shape index (κ1) is 39.8. The van der Waals surface area contributed by atoms with Crippen LogP contribution in [0.1, 0.15) is 162 Å². The van der Waals surface area contributed by atoms with Gasteiger partial charge >= 0.3 is 19.8 Å². The molecule has 0 heterocycles. The van der Waals surface area contributed by atoms with E-state index in [1.54, 1.807) is 0 Å². The Morgan fingerprint density at radius 3 is 1.49 bits per heavy atom. The number of hydrogen-bond donors (Lipinski definition) is 2. The third kappa shape index (κ3) is 31.6. The minimum atomic E-state index is -4.74. The van der Waals surface area contributed by atoms with E-state index in [0.717, 1.165) is 57.8 Å². The Kier molecular flexibility index (Phi) is 28.0. The maximum atomic E-state index is 12.3. The fraction of sp³-hybridized carbons (Fsp3) is 0.875. The number of rotatable bonds is 30. The summed E-state index contributed by atoms with van der Waals surface area (Å²) in [5, 5.41) is 0. The second-order valence-corrected chi connectivity index (χ2v) is 12.4. The van der Waals surface area contributed by atoms with Crippen molar-refractivity contribution < 1.29 is 37.9 Å². The highest BCUT2D eigenvalue weighted by Gasteiger charge is 2.22. The van der Waals surface area contributed by atoms with E-state index in [4.69, 9.17) is 19.3 Å². The van der Waals surface area contributed by atoms with E-state index < -0.39 is 32.5 Å². The van der Waals surface area contributed by atoms with E-state index in [-0.39, 0.29) is 19.4 Å². The average molecular weight is 605 g/mol. The molecule has 242 valence electrons. The van der Waals surface area contributed by atoms with Gasteiger partial charge in [-0.2, -0.15) is 0 Å². The van der Waals surface area contributed by atoms with Gasteiger partial charge < -0.3 is 19.3 Å². The molecule has 0 aromatic heterocycles. The lowest BCUT2D eigenvalue weighted by molar-refractivity contribution is -0.161. The zero-order chi connectivity index (χ0) is 30.4. The molecule has 0 aromatic rings. The average Bonchev–Trinajstić information content (AvgIpc) is 2.93. The van der Waals surface area contributed by atoms with Gasteiger partial charge in [0.25, 0.3) is 0 Å². The number of unbranched alkanes of at least 4 members (excludes halogenated alkanes) is 18. The summed E-state index contributed by atoms with van der Waals surface area (Å²) in [5.41, 5.74) is 0. The molecule has 9 heteroatoms. The summed E-state index contributed by atoms with van der Waals surface area (Å²) in [6, 6.07) is 0. The van der Waals surface area contributed by atoms with Gasteiger partial charge in [0.15, 0.2) is 6.10 Å². The number of carbonyl (C=O) groups is 2. The Labute approximate surface area is 250 Å². The van der Waals surface area contributed by atoms with Crippen molar-refractivity contribution in [3.8, 4) is 0 Å². The van der Waals surface area contributed by atoms with Crippen LogP contribution < -0.4 is 0 Å². The normalized spacial score (nSPS) is 12.6. The van der Waals surface area contributed by atoms with Crippen LogP contribution in [0.25, 0.3) is 0 Å². The van der Waals surface area contributed by atoms with Crippen molar-refractivity contribution in [3.05, 3.63) is 12.2 Å². The maximum absolute atomic E-state index is 12.3. The molecule has 41 heavy (non-hydrogen) atoms. The summed E-state index contributed by atoms with van der Waals surface area (Å²) in [5.74, 6) is -0.899. The number of allylic oxidation sites excluding steroid dienone is 2. The van der Waals surface area contributed by atoms with E-state index in [1.807, 2.05) is 0 Å². The number of ether oxygens (including phenoxy) is 2. The van der Waals surface area contributed by atoms with Crippen LogP contribution in [0.15, 0.2) is 12.2 Å². The molecule has 0 aliphatic carbocycles. The van der Waals surface area contributed by atoms with Crippen molar-refractivity contribution in [1.29, 1.82) is 0 Å². The highest BCUT2D eigenvalue weighted by molar-refractivity contribution is 7.46. The molecule has 0 aliphatic rings. The summed E-state index contributed by atoms with van der Waals surface area (Å²) < 4.78 is 26.1. The summed E-state index contributed by atoms with van der Waals surface area (Å²) in [7, 11) is -4.74. The predicted octanol–water partition coefficient (Wildman–Crippen LogP) is 9.12. The lowest BCUT2D eigenvalue weighted by Crippen LogP contribution is -2.29. The smallest absolute Gasteiger partial charge is 0.462 e. The van der Waals surface area contributed by atoms with E-state index in [2.05, 4.69) is 30.5 Å². The van der Waals surface area contributed by atoms with Crippen LogP contribution in [0.4, 0.5) is 0 Å². The molecule has 0 rings (SSSR count). The molecule has 1 unspecified atom stereocenters. The number of phosphoric ester groups is 1. The zero-order valence-electron chi connectivity index (χ0n) is 26.2. The second kappa shape index (κ2) is 28.9. The van der Waals surface area contributed by atoms with Crippen molar-refractivity contribution in [2.75, 3.05) is 13.2 Å². The van der Waals surface area contributed by atoms with Crippen molar-refractivity contribution in [3.63, 3.8) is 0 Å². The molecular weight excluding hydrogens is 543 g/mol. The molecule has 0 fully saturated rings. The molecule has 1 atom stereocenters. The molecule has 0 aromatic carbocycles. The number of carbonyl (C=O) groups excluding carboxylic acids is 2. The molecule has 0 saturated carbocycles. The third-order valence-electron chi connectivity index (χ3n) is 7.03. The van der Waals surface area contributed by atoms with Crippen LogP contribution in [-0.4, -0.2) is 41.0 Å². The van der Waals surface area contributed by atoms with Gasteiger partial charge in [0.1, 0.15) is 6.61 Å². The monoisotopic (exact) mass is 604 g/mol. The highest BCUT2D eigenvalue weighted by Crippen LogP contribution is 2.35. The fourth-order valence-corrected chi connectivity index (χ4v) is 4.90. The molecule has 0 amide bonds. The molecule has 8 nitrogen and oxygen atoms in total. The first-order valence-corrected chi connectivity index (χ1v) is 18.0. The zero-order valence-corrected chi connectivity index (χ0v) is 27.1. The van der Waals surface area contributed by atoms with Crippen molar-refractivity contribution >= 4 is 19.8 Å². The number of hydrogen-bond acceptors (Lipinski definition) is 6. The van der Waals surface area contributed by atoms with Crippen LogP contribution in [0.3, 0.4) is 0 Å². The highest BCUT2D eigenvalue weighted by atomic mass is 31.2. The topological polar surface area (TPSA) is 119 Å². The quantitative estimate of drug-likeness (QED) is 0.0360. The van der Waals surface area contributed by atoms with Gasteiger partial charge in [0.05, 0.1) is 6.61 Å². The Bertz CT molecular complexity index is 691. The summed E-state index contributed by atoms with van der Waals surface area (Å²) in [6.07, 6.45) is 28.1. The van der Waals surface area contributed by atoms with Crippen LogP contribution in [-0.2, 0) is 28.2 Å². The lowest BCUT2D eigenvalue weighted by atomic mass is 10.1. The van der Waals surface area contributed by atoms with Gasteiger partial charge in [0, 0.05) is 12.8 Å². The van der Waals surface area contributed by atoms with Gasteiger partial charge in [-0.05, 0) is 38.5 Å². The maximum Gasteiger partial charge on any atom is 0.469 e. The van der Waals surface area contributed by atoms with Gasteiger partial charge in [-0.25, -0.2) is 4.57 Å². The Balaban J connectivity index is 3.98. The molecule has 2 N–H and O–H groups in total. The first-order valence-electron chi connectivity index (χ1n) is 16.5. The molecule has 0 bridgehead atoms. The fourth-order valence-electron chi connectivity index (χ4n) is 4.54. The van der Waals surface area contributed by atoms with Crippen molar-refractivity contribution in [1.82, 2.24) is 0 Å². The van der Waals surface area contributed by atoms with Crippen molar-refractivity contribution in [2.45, 2.75) is 168 Å². The summed E-state index contributed by atoms with van der Waals surface area (Å²) in [4.78, 5) is 42.3. The SMILES string of the molecule is CCCCCCCCC/C=C\CCCCCCCC(=O)OC(COC(=O)CCCCCCCCC)COP(=O)(O)O. The van der Waals surface area contributed by atoms with Crippen LogP contribution in [0, 0.1) is 0 Å². The molecule has 0 radical (unpaired) electrons. The van der Waals surface area contributed by atoms with E-state index in [0.29, 0.717) is 6.42 Å². The minimum absolute atomic E-state index is 0.205. The summed E-state index contributed by atoms with van der Waals surface area (Å²) in [6.45, 7) is 3.60. The predicted molar refractivity (Wildman–Crippen MR) is 166 cm³/mol. The lowest BCUT2D eigenvalue weighted by Gasteiger charge is -2.18.